The maximum atomic E-state index is 9.71. The average Bonchev–Trinajstić information content (AvgIpc) is 2.86. The summed E-state index contributed by atoms with van der Waals surface area (Å²) < 4.78 is 7.44. The smallest absolute Gasteiger partial charge is 0.165 e. The Labute approximate surface area is 111 Å². The van der Waals surface area contributed by atoms with E-state index in [1.807, 2.05) is 6.92 Å². The van der Waals surface area contributed by atoms with Gasteiger partial charge in [-0.25, -0.2) is 0 Å². The molecule has 0 bridgehead atoms. The zero-order chi connectivity index (χ0) is 13.8. The molecule has 0 aliphatic heterocycles. The largest absolute Gasteiger partial charge is 0.454 e. The van der Waals surface area contributed by atoms with Gasteiger partial charge in [0.15, 0.2) is 5.75 Å². The van der Waals surface area contributed by atoms with Gasteiger partial charge in [-0.3, -0.25) is 4.68 Å². The number of benzene rings is 1. The van der Waals surface area contributed by atoms with Gasteiger partial charge in [-0.1, -0.05) is 6.07 Å². The van der Waals surface area contributed by atoms with Crippen LogP contribution in [0.3, 0.4) is 0 Å². The van der Waals surface area contributed by atoms with Crippen LogP contribution in [-0.4, -0.2) is 14.9 Å². The van der Waals surface area contributed by atoms with E-state index in [9.17, 15) is 5.11 Å². The van der Waals surface area contributed by atoms with Crippen LogP contribution in [0.25, 0.3) is 0 Å². The first-order valence-electron chi connectivity index (χ1n) is 6.06. The summed E-state index contributed by atoms with van der Waals surface area (Å²) >= 11 is 0. The molecule has 1 aromatic heterocycles. The Balaban J connectivity index is 2.34. The van der Waals surface area contributed by atoms with Crippen LogP contribution in [0.2, 0.25) is 0 Å². The first kappa shape index (κ1) is 13.1. The third kappa shape index (κ3) is 2.92. The van der Waals surface area contributed by atoms with Crippen molar-refractivity contribution < 1.29 is 9.84 Å². The quantitative estimate of drug-likeness (QED) is 0.913. The molecule has 0 amide bonds. The van der Waals surface area contributed by atoms with E-state index in [1.54, 1.807) is 42.2 Å². The van der Waals surface area contributed by atoms with Crippen LogP contribution >= 0.6 is 0 Å². The van der Waals surface area contributed by atoms with Crippen LogP contribution in [0, 0.1) is 11.3 Å². The van der Waals surface area contributed by atoms with Crippen LogP contribution in [0.4, 0.5) is 0 Å². The number of hydrogen-bond donors (Lipinski definition) is 1. The highest BCUT2D eigenvalue weighted by molar-refractivity contribution is 5.45. The maximum Gasteiger partial charge on any atom is 0.165 e. The van der Waals surface area contributed by atoms with E-state index >= 15 is 0 Å². The molecule has 0 radical (unpaired) electrons. The Bertz CT molecular complexity index is 611. The van der Waals surface area contributed by atoms with Gasteiger partial charge in [-0.05, 0) is 26.0 Å². The number of nitrogens with zero attached hydrogens (tertiary/aromatic N) is 3. The number of aliphatic hydroxyl groups is 1. The summed E-state index contributed by atoms with van der Waals surface area (Å²) in [6, 6.07) is 7.02. The number of aryl methyl sites for hydroxylation is 1. The van der Waals surface area contributed by atoms with Crippen molar-refractivity contribution in [3.8, 4) is 17.6 Å². The predicted molar refractivity (Wildman–Crippen MR) is 69.8 cm³/mol. The molecular weight excluding hydrogens is 242 g/mol. The molecule has 0 spiro atoms. The van der Waals surface area contributed by atoms with Crippen molar-refractivity contribution >= 4 is 0 Å². The number of rotatable bonds is 4. The van der Waals surface area contributed by atoms with Crippen LogP contribution in [0.1, 0.15) is 31.1 Å². The second-order valence-electron chi connectivity index (χ2n) is 4.17. The molecule has 0 saturated heterocycles. The molecule has 5 nitrogen and oxygen atoms in total. The summed E-state index contributed by atoms with van der Waals surface area (Å²) in [4.78, 5) is 0. The summed E-state index contributed by atoms with van der Waals surface area (Å²) in [7, 11) is 0. The molecule has 98 valence electrons. The summed E-state index contributed by atoms with van der Waals surface area (Å²) in [5.41, 5.74) is 1.13. The van der Waals surface area contributed by atoms with Crippen LogP contribution in [0.5, 0.6) is 11.5 Å². The molecule has 1 N–H and O–H groups in total. The molecule has 0 saturated carbocycles. The molecule has 1 heterocycles. The normalized spacial score (nSPS) is 11.9. The van der Waals surface area contributed by atoms with Gasteiger partial charge >= 0.3 is 0 Å². The lowest BCUT2D eigenvalue weighted by molar-refractivity contribution is 0.195. The summed E-state index contributed by atoms with van der Waals surface area (Å²) in [6.45, 7) is 4.39. The van der Waals surface area contributed by atoms with E-state index in [0.29, 0.717) is 22.6 Å². The van der Waals surface area contributed by atoms with Crippen LogP contribution < -0.4 is 4.74 Å². The Hall–Kier alpha value is -2.32. The highest BCUT2D eigenvalue weighted by Crippen LogP contribution is 2.30. The van der Waals surface area contributed by atoms with Crippen LogP contribution in [-0.2, 0) is 6.54 Å². The van der Waals surface area contributed by atoms with Crippen molar-refractivity contribution in [1.29, 1.82) is 5.26 Å². The second-order valence-corrected chi connectivity index (χ2v) is 4.17. The summed E-state index contributed by atoms with van der Waals surface area (Å²) in [6.07, 6.45) is 2.71. The van der Waals surface area contributed by atoms with E-state index < -0.39 is 6.10 Å². The zero-order valence-electron chi connectivity index (χ0n) is 10.9. The first-order valence-corrected chi connectivity index (χ1v) is 6.06. The van der Waals surface area contributed by atoms with Gasteiger partial charge in [0.1, 0.15) is 5.75 Å². The molecule has 0 unspecified atom stereocenters. The molecule has 0 aliphatic carbocycles. The first-order chi connectivity index (χ1) is 9.13. The Morgan fingerprint density at radius 2 is 2.32 bits per heavy atom. The fourth-order valence-corrected chi connectivity index (χ4v) is 1.73. The average molecular weight is 257 g/mol. The SMILES string of the molecule is CCn1cc(Oc2cc(C#N)ccc2[C@@H](C)O)cn1. The van der Waals surface area contributed by atoms with Gasteiger partial charge in [0.05, 0.1) is 30.1 Å². The number of nitriles is 1. The Morgan fingerprint density at radius 3 is 2.89 bits per heavy atom. The number of ether oxygens (including phenoxy) is 1. The minimum absolute atomic E-state index is 0.477. The van der Waals surface area contributed by atoms with Crippen molar-refractivity contribution in [3.05, 3.63) is 41.7 Å². The second kappa shape index (κ2) is 5.55. The van der Waals surface area contributed by atoms with Gasteiger partial charge in [-0.2, -0.15) is 10.4 Å². The van der Waals surface area contributed by atoms with Crippen molar-refractivity contribution in [2.45, 2.75) is 26.5 Å². The lowest BCUT2D eigenvalue weighted by Crippen LogP contribution is -1.96. The lowest BCUT2D eigenvalue weighted by atomic mass is 10.1. The fourth-order valence-electron chi connectivity index (χ4n) is 1.73. The van der Waals surface area contributed by atoms with Gasteiger partial charge < -0.3 is 9.84 Å². The fraction of sp³-hybridized carbons (Fsp3) is 0.286. The zero-order valence-corrected chi connectivity index (χ0v) is 10.9. The third-order valence-electron chi connectivity index (χ3n) is 2.75. The van der Waals surface area contributed by atoms with E-state index in [4.69, 9.17) is 10.00 Å². The predicted octanol–water partition coefficient (Wildman–Crippen LogP) is 2.62. The van der Waals surface area contributed by atoms with Crippen molar-refractivity contribution in [3.63, 3.8) is 0 Å². The molecule has 2 rings (SSSR count). The van der Waals surface area contributed by atoms with Crippen molar-refractivity contribution in [2.24, 2.45) is 0 Å². The summed E-state index contributed by atoms with van der Waals surface area (Å²) in [5.74, 6) is 1.06. The minimum Gasteiger partial charge on any atom is -0.454 e. The van der Waals surface area contributed by atoms with Gasteiger partial charge in [0.25, 0.3) is 0 Å². The topological polar surface area (TPSA) is 71.1 Å². The Kier molecular flexibility index (Phi) is 3.83. The number of aromatic nitrogens is 2. The standard InChI is InChI=1S/C14H15N3O2/c1-3-17-9-12(8-16-17)19-14-6-11(7-15)4-5-13(14)10(2)18/h4-6,8-10,18H,3H2,1-2H3/t10-/m1/s1. The third-order valence-corrected chi connectivity index (χ3v) is 2.75. The van der Waals surface area contributed by atoms with E-state index in [-0.39, 0.29) is 0 Å². The summed E-state index contributed by atoms with van der Waals surface area (Å²) in [5, 5.41) is 22.7. The van der Waals surface area contributed by atoms with Crippen molar-refractivity contribution in [1.82, 2.24) is 9.78 Å². The van der Waals surface area contributed by atoms with Gasteiger partial charge in [-0.15, -0.1) is 0 Å². The highest BCUT2D eigenvalue weighted by atomic mass is 16.5. The molecule has 2 aromatic rings. The monoisotopic (exact) mass is 257 g/mol. The van der Waals surface area contributed by atoms with E-state index in [2.05, 4.69) is 11.2 Å². The van der Waals surface area contributed by atoms with Crippen LogP contribution in [0.15, 0.2) is 30.6 Å². The van der Waals surface area contributed by atoms with Gasteiger partial charge in [0, 0.05) is 12.1 Å². The molecule has 1 aromatic carbocycles. The number of aliphatic hydroxyl groups excluding tert-OH is 1. The maximum absolute atomic E-state index is 9.71. The minimum atomic E-state index is -0.663. The van der Waals surface area contributed by atoms with Crippen molar-refractivity contribution in [2.75, 3.05) is 0 Å². The van der Waals surface area contributed by atoms with Gasteiger partial charge in [0.2, 0.25) is 0 Å². The Morgan fingerprint density at radius 1 is 1.53 bits per heavy atom. The number of hydrogen-bond acceptors (Lipinski definition) is 4. The molecule has 0 fully saturated rings. The molecule has 19 heavy (non-hydrogen) atoms. The molecule has 0 aliphatic rings. The van der Waals surface area contributed by atoms with E-state index in [1.165, 1.54) is 0 Å². The lowest BCUT2D eigenvalue weighted by Gasteiger charge is -2.12. The molecule has 5 heteroatoms. The molecule has 1 atom stereocenters. The molecular formula is C14H15N3O2. The van der Waals surface area contributed by atoms with E-state index in [0.717, 1.165) is 6.54 Å². The highest BCUT2D eigenvalue weighted by Gasteiger charge is 2.12.